The highest BCUT2D eigenvalue weighted by Crippen LogP contribution is 2.23. The minimum absolute atomic E-state index is 0.796. The Hall–Kier alpha value is -1.13. The van der Waals surface area contributed by atoms with Crippen LogP contribution in [-0.2, 0) is 11.3 Å². The van der Waals surface area contributed by atoms with Gasteiger partial charge in [0.2, 0.25) is 0 Å². The lowest BCUT2D eigenvalue weighted by atomic mass is 10.0. The number of hydrogen-bond acceptors (Lipinski definition) is 3. The summed E-state index contributed by atoms with van der Waals surface area (Å²) in [6.45, 7) is 5.66. The summed E-state index contributed by atoms with van der Waals surface area (Å²) in [7, 11) is 0. The summed E-state index contributed by atoms with van der Waals surface area (Å²) in [5.41, 5.74) is 0. The van der Waals surface area contributed by atoms with Crippen molar-refractivity contribution in [3.8, 4) is 0 Å². The van der Waals surface area contributed by atoms with Crippen LogP contribution < -0.4 is 0 Å². The molecule has 4 heteroatoms. The van der Waals surface area contributed by atoms with E-state index in [0.29, 0.717) is 0 Å². The van der Waals surface area contributed by atoms with Crippen molar-refractivity contribution >= 4 is 23.4 Å². The smallest absolute Gasteiger partial charge is 0.328 e. The van der Waals surface area contributed by atoms with E-state index in [9.17, 15) is 4.79 Å². The number of hydrogen-bond donors (Lipinski definition) is 1. The molecule has 1 saturated heterocycles. The van der Waals surface area contributed by atoms with Crippen molar-refractivity contribution in [1.29, 1.82) is 0 Å². The second kappa shape index (κ2) is 6.16. The highest BCUT2D eigenvalue weighted by atomic mass is 32.1. The molecule has 1 fully saturated rings. The van der Waals surface area contributed by atoms with Crippen LogP contribution in [0.25, 0.3) is 6.08 Å². The largest absolute Gasteiger partial charge is 0.478 e. The molecular formula is C14H19NO2S. The molecule has 18 heavy (non-hydrogen) atoms. The first-order chi connectivity index (χ1) is 8.63. The van der Waals surface area contributed by atoms with Crippen molar-refractivity contribution in [1.82, 2.24) is 4.90 Å². The average molecular weight is 265 g/mol. The minimum atomic E-state index is -0.894. The molecule has 1 aromatic heterocycles. The Kier molecular flexibility index (Phi) is 4.55. The van der Waals surface area contributed by atoms with Gasteiger partial charge in [0.25, 0.3) is 0 Å². The molecule has 0 radical (unpaired) electrons. The monoisotopic (exact) mass is 265 g/mol. The number of carboxylic acid groups (broad SMARTS) is 1. The van der Waals surface area contributed by atoms with Gasteiger partial charge < -0.3 is 5.11 Å². The van der Waals surface area contributed by atoms with E-state index < -0.39 is 5.97 Å². The summed E-state index contributed by atoms with van der Waals surface area (Å²) in [5, 5.41) is 8.58. The molecule has 0 saturated carbocycles. The zero-order chi connectivity index (χ0) is 13.0. The van der Waals surface area contributed by atoms with Crippen molar-refractivity contribution in [2.24, 2.45) is 5.92 Å². The Balaban J connectivity index is 1.91. The Morgan fingerprint density at radius 2 is 2.44 bits per heavy atom. The van der Waals surface area contributed by atoms with Gasteiger partial charge in [0.05, 0.1) is 0 Å². The van der Waals surface area contributed by atoms with E-state index >= 15 is 0 Å². The van der Waals surface area contributed by atoms with Gasteiger partial charge in [0.15, 0.2) is 0 Å². The molecule has 0 bridgehead atoms. The highest BCUT2D eigenvalue weighted by molar-refractivity contribution is 7.12. The van der Waals surface area contributed by atoms with Crippen molar-refractivity contribution in [2.75, 3.05) is 13.1 Å². The van der Waals surface area contributed by atoms with Crippen LogP contribution in [0.4, 0.5) is 0 Å². The fourth-order valence-electron chi connectivity index (χ4n) is 2.37. The summed E-state index contributed by atoms with van der Waals surface area (Å²) in [6.07, 6.45) is 5.49. The maximum Gasteiger partial charge on any atom is 0.328 e. The first kappa shape index (κ1) is 13.3. The van der Waals surface area contributed by atoms with Crippen molar-refractivity contribution in [2.45, 2.75) is 26.3 Å². The van der Waals surface area contributed by atoms with Gasteiger partial charge in [0, 0.05) is 28.9 Å². The van der Waals surface area contributed by atoms with Gasteiger partial charge in [-0.3, -0.25) is 4.90 Å². The Bertz CT molecular complexity index is 439. The molecule has 2 rings (SSSR count). The maximum absolute atomic E-state index is 10.4. The number of nitrogens with zero attached hydrogens (tertiary/aromatic N) is 1. The van der Waals surface area contributed by atoms with Crippen LogP contribution in [-0.4, -0.2) is 29.1 Å². The van der Waals surface area contributed by atoms with Gasteiger partial charge in [-0.25, -0.2) is 4.79 Å². The van der Waals surface area contributed by atoms with Crippen LogP contribution in [0.3, 0.4) is 0 Å². The zero-order valence-corrected chi connectivity index (χ0v) is 11.4. The van der Waals surface area contributed by atoms with E-state index in [1.807, 2.05) is 6.07 Å². The summed E-state index contributed by atoms with van der Waals surface area (Å²) in [6, 6.07) is 4.10. The normalized spacial score (nSPS) is 21.5. The average Bonchev–Trinajstić information content (AvgIpc) is 2.74. The predicted molar refractivity (Wildman–Crippen MR) is 74.7 cm³/mol. The molecule has 0 spiro atoms. The molecule has 2 heterocycles. The fraction of sp³-hybridized carbons (Fsp3) is 0.500. The molecule has 0 aliphatic carbocycles. The van der Waals surface area contributed by atoms with E-state index in [1.165, 1.54) is 36.9 Å². The quantitative estimate of drug-likeness (QED) is 0.851. The van der Waals surface area contributed by atoms with Gasteiger partial charge in [-0.2, -0.15) is 0 Å². The van der Waals surface area contributed by atoms with Crippen molar-refractivity contribution < 1.29 is 9.90 Å². The minimum Gasteiger partial charge on any atom is -0.478 e. The number of aliphatic carboxylic acids is 1. The lowest BCUT2D eigenvalue weighted by Gasteiger charge is -2.30. The molecule has 0 amide bonds. The van der Waals surface area contributed by atoms with E-state index in [4.69, 9.17) is 5.11 Å². The van der Waals surface area contributed by atoms with E-state index in [1.54, 1.807) is 17.4 Å². The van der Waals surface area contributed by atoms with Crippen LogP contribution in [0.5, 0.6) is 0 Å². The molecule has 1 N–H and O–H groups in total. The molecule has 1 aliphatic rings. The lowest BCUT2D eigenvalue weighted by Crippen LogP contribution is -2.33. The van der Waals surface area contributed by atoms with Gasteiger partial charge in [-0.1, -0.05) is 6.92 Å². The second-order valence-electron chi connectivity index (χ2n) is 4.96. The maximum atomic E-state index is 10.4. The molecule has 1 atom stereocenters. The topological polar surface area (TPSA) is 40.5 Å². The molecular weight excluding hydrogens is 246 g/mol. The van der Waals surface area contributed by atoms with E-state index in [2.05, 4.69) is 17.9 Å². The number of piperidine rings is 1. The molecule has 98 valence electrons. The van der Waals surface area contributed by atoms with Crippen molar-refractivity contribution in [3.63, 3.8) is 0 Å². The van der Waals surface area contributed by atoms with Crippen LogP contribution in [0.1, 0.15) is 29.5 Å². The Morgan fingerprint density at radius 1 is 1.61 bits per heavy atom. The Labute approximate surface area is 112 Å². The first-order valence-corrected chi connectivity index (χ1v) is 7.17. The molecule has 1 aliphatic heterocycles. The zero-order valence-electron chi connectivity index (χ0n) is 10.6. The van der Waals surface area contributed by atoms with Crippen LogP contribution in [0.2, 0.25) is 0 Å². The van der Waals surface area contributed by atoms with Crippen LogP contribution in [0.15, 0.2) is 18.2 Å². The highest BCUT2D eigenvalue weighted by Gasteiger charge is 2.16. The van der Waals surface area contributed by atoms with E-state index in [0.717, 1.165) is 17.3 Å². The molecule has 3 nitrogen and oxygen atoms in total. The summed E-state index contributed by atoms with van der Waals surface area (Å²) in [5.74, 6) is -0.0973. The van der Waals surface area contributed by atoms with Crippen LogP contribution >= 0.6 is 11.3 Å². The van der Waals surface area contributed by atoms with Crippen molar-refractivity contribution in [3.05, 3.63) is 28.0 Å². The lowest BCUT2D eigenvalue weighted by molar-refractivity contribution is -0.131. The van der Waals surface area contributed by atoms with Gasteiger partial charge in [0.1, 0.15) is 0 Å². The summed E-state index contributed by atoms with van der Waals surface area (Å²) in [4.78, 5) is 15.3. The number of carbonyl (C=O) groups is 1. The second-order valence-corrected chi connectivity index (χ2v) is 6.16. The molecule has 1 aromatic rings. The first-order valence-electron chi connectivity index (χ1n) is 6.35. The third-order valence-corrected chi connectivity index (χ3v) is 4.23. The fourth-order valence-corrected chi connectivity index (χ4v) is 3.33. The molecule has 0 aromatic carbocycles. The van der Waals surface area contributed by atoms with Gasteiger partial charge in [-0.05, 0) is 43.5 Å². The summed E-state index contributed by atoms with van der Waals surface area (Å²) >= 11 is 1.68. The number of thiophene rings is 1. The predicted octanol–water partition coefficient (Wildman–Crippen LogP) is 3.08. The van der Waals surface area contributed by atoms with Crippen LogP contribution in [0, 0.1) is 5.92 Å². The summed E-state index contributed by atoms with van der Waals surface area (Å²) < 4.78 is 0. The van der Waals surface area contributed by atoms with Gasteiger partial charge in [-0.15, -0.1) is 11.3 Å². The van der Waals surface area contributed by atoms with E-state index in [-0.39, 0.29) is 0 Å². The third kappa shape index (κ3) is 3.96. The SMILES string of the molecule is CC1CCCN(Cc2ccc(C=CC(=O)O)s2)C1. The number of likely N-dealkylation sites (tertiary alicyclic amines) is 1. The molecule has 1 unspecified atom stereocenters. The third-order valence-electron chi connectivity index (χ3n) is 3.19. The number of carboxylic acids is 1. The number of rotatable bonds is 4. The standard InChI is InChI=1S/C14H19NO2S/c1-11-3-2-8-15(9-11)10-13-5-4-12(18-13)6-7-14(16)17/h4-7,11H,2-3,8-10H2,1H3,(H,16,17). The Morgan fingerprint density at radius 3 is 3.17 bits per heavy atom. The van der Waals surface area contributed by atoms with Gasteiger partial charge >= 0.3 is 5.97 Å².